The molecule has 0 spiro atoms. The van der Waals surface area contributed by atoms with Crippen LogP contribution in [0.1, 0.15) is 13.8 Å². The number of carbonyl (C=O) groups is 1. The predicted molar refractivity (Wildman–Crippen MR) is 54.4 cm³/mol. The van der Waals surface area contributed by atoms with Gasteiger partial charge in [-0.1, -0.05) is 5.11 Å². The molecule has 2 aliphatic rings. The van der Waals surface area contributed by atoms with E-state index in [4.69, 9.17) is 15.0 Å². The summed E-state index contributed by atoms with van der Waals surface area (Å²) in [5.74, 6) is 0. The van der Waals surface area contributed by atoms with Crippen molar-refractivity contribution in [1.82, 2.24) is 4.90 Å². The molecule has 0 N–H and O–H groups in total. The van der Waals surface area contributed by atoms with Crippen LogP contribution in [0, 0.1) is 0 Å². The van der Waals surface area contributed by atoms with Crippen molar-refractivity contribution in [1.29, 1.82) is 0 Å². The number of ether oxygens (including phenoxy) is 2. The number of epoxide rings is 1. The normalized spacial score (nSPS) is 42.8. The summed E-state index contributed by atoms with van der Waals surface area (Å²) >= 11 is 0. The fraction of sp³-hybridized carbons (Fsp3) is 0.889. The molecule has 0 amide bonds. The van der Waals surface area contributed by atoms with E-state index in [0.717, 1.165) is 6.29 Å². The maximum absolute atomic E-state index is 11.1. The average Bonchev–Trinajstić information content (AvgIpc) is 2.87. The molecule has 3 atom stereocenters. The molecule has 0 aromatic heterocycles. The SMILES string of the molecule is CC1(CN2CC(N=[N+]=[N-])OC2(C)C=O)CO1. The third-order valence-electron chi connectivity index (χ3n) is 2.94. The van der Waals surface area contributed by atoms with Gasteiger partial charge in [-0.05, 0) is 19.4 Å². The summed E-state index contributed by atoms with van der Waals surface area (Å²) in [6.07, 6.45) is 0.119. The zero-order valence-corrected chi connectivity index (χ0v) is 9.29. The van der Waals surface area contributed by atoms with Crippen LogP contribution in [-0.4, -0.2) is 48.4 Å². The highest BCUT2D eigenvalue weighted by atomic mass is 16.6. The molecule has 2 heterocycles. The quantitative estimate of drug-likeness (QED) is 0.231. The Morgan fingerprint density at radius 3 is 2.88 bits per heavy atom. The van der Waals surface area contributed by atoms with Crippen LogP contribution in [0.15, 0.2) is 5.11 Å². The lowest BCUT2D eigenvalue weighted by Gasteiger charge is -2.29. The van der Waals surface area contributed by atoms with E-state index in [0.29, 0.717) is 19.7 Å². The number of hydrogen-bond donors (Lipinski definition) is 0. The fourth-order valence-electron chi connectivity index (χ4n) is 1.82. The minimum absolute atomic E-state index is 0.196. The third-order valence-corrected chi connectivity index (χ3v) is 2.94. The van der Waals surface area contributed by atoms with E-state index in [1.54, 1.807) is 6.92 Å². The molecule has 7 nitrogen and oxygen atoms in total. The predicted octanol–water partition coefficient (Wildman–Crippen LogP) is 0.659. The largest absolute Gasteiger partial charge is 0.369 e. The first-order chi connectivity index (χ1) is 7.51. The molecule has 2 saturated heterocycles. The second kappa shape index (κ2) is 3.71. The molecule has 0 aromatic carbocycles. The van der Waals surface area contributed by atoms with Gasteiger partial charge in [-0.3, -0.25) is 9.69 Å². The topological polar surface area (TPSA) is 90.8 Å². The van der Waals surface area contributed by atoms with Crippen LogP contribution in [0.4, 0.5) is 0 Å². The van der Waals surface area contributed by atoms with E-state index < -0.39 is 12.0 Å². The van der Waals surface area contributed by atoms with Gasteiger partial charge < -0.3 is 9.47 Å². The monoisotopic (exact) mass is 226 g/mol. The maximum atomic E-state index is 11.1. The van der Waals surface area contributed by atoms with Crippen LogP contribution in [0.3, 0.4) is 0 Å². The van der Waals surface area contributed by atoms with Gasteiger partial charge in [0.05, 0.1) is 6.61 Å². The van der Waals surface area contributed by atoms with Gasteiger partial charge in [0, 0.05) is 18.0 Å². The summed E-state index contributed by atoms with van der Waals surface area (Å²) in [6, 6.07) is 0. The van der Waals surface area contributed by atoms with Crippen molar-refractivity contribution in [3.05, 3.63) is 10.4 Å². The van der Waals surface area contributed by atoms with Crippen LogP contribution >= 0.6 is 0 Å². The van der Waals surface area contributed by atoms with E-state index in [1.165, 1.54) is 0 Å². The van der Waals surface area contributed by atoms with Gasteiger partial charge in [0.1, 0.15) is 5.60 Å². The molecular weight excluding hydrogens is 212 g/mol. The Labute approximate surface area is 92.9 Å². The molecular formula is C9H14N4O3. The molecule has 0 bridgehead atoms. The highest BCUT2D eigenvalue weighted by molar-refractivity contribution is 5.61. The van der Waals surface area contributed by atoms with E-state index >= 15 is 0 Å². The van der Waals surface area contributed by atoms with Crippen LogP contribution < -0.4 is 0 Å². The molecule has 7 heteroatoms. The van der Waals surface area contributed by atoms with Gasteiger partial charge in [0.15, 0.2) is 18.2 Å². The number of nitrogens with zero attached hydrogens (tertiary/aromatic N) is 4. The summed E-state index contributed by atoms with van der Waals surface area (Å²) in [4.78, 5) is 15.6. The first-order valence-corrected chi connectivity index (χ1v) is 5.09. The summed E-state index contributed by atoms with van der Waals surface area (Å²) in [5, 5.41) is 3.48. The van der Waals surface area contributed by atoms with Crippen LogP contribution in [0.5, 0.6) is 0 Å². The minimum atomic E-state index is -1.02. The van der Waals surface area contributed by atoms with E-state index in [9.17, 15) is 4.79 Å². The van der Waals surface area contributed by atoms with Gasteiger partial charge in [-0.25, -0.2) is 0 Å². The minimum Gasteiger partial charge on any atom is -0.369 e. The van der Waals surface area contributed by atoms with E-state index in [1.807, 2.05) is 11.8 Å². The number of carbonyl (C=O) groups excluding carboxylic acids is 1. The molecule has 16 heavy (non-hydrogen) atoms. The van der Waals surface area contributed by atoms with Crippen molar-refractivity contribution in [2.45, 2.75) is 31.4 Å². The highest BCUT2D eigenvalue weighted by Gasteiger charge is 2.49. The lowest BCUT2D eigenvalue weighted by atomic mass is 10.1. The van der Waals surface area contributed by atoms with Gasteiger partial charge in [-0.2, -0.15) is 0 Å². The maximum Gasteiger partial charge on any atom is 0.175 e. The van der Waals surface area contributed by atoms with Crippen molar-refractivity contribution in [3.63, 3.8) is 0 Å². The first-order valence-electron chi connectivity index (χ1n) is 5.09. The lowest BCUT2D eigenvalue weighted by Crippen LogP contribution is -2.47. The lowest BCUT2D eigenvalue weighted by molar-refractivity contribution is -0.142. The Morgan fingerprint density at radius 1 is 1.69 bits per heavy atom. The Balaban J connectivity index is 2.09. The molecule has 88 valence electrons. The van der Waals surface area contributed by atoms with Crippen LogP contribution in [-0.2, 0) is 14.3 Å². The smallest absolute Gasteiger partial charge is 0.175 e. The van der Waals surface area contributed by atoms with Gasteiger partial charge in [-0.15, -0.1) is 0 Å². The zero-order chi connectivity index (χ0) is 11.8. The Hall–Kier alpha value is -1.14. The Morgan fingerprint density at radius 2 is 2.38 bits per heavy atom. The van der Waals surface area contributed by atoms with Crippen molar-refractivity contribution in [3.8, 4) is 0 Å². The molecule has 0 aliphatic carbocycles. The Bertz CT molecular complexity index is 351. The highest BCUT2D eigenvalue weighted by Crippen LogP contribution is 2.33. The van der Waals surface area contributed by atoms with Crippen LogP contribution in [0.25, 0.3) is 10.4 Å². The van der Waals surface area contributed by atoms with E-state index in [-0.39, 0.29) is 5.60 Å². The van der Waals surface area contributed by atoms with Crippen molar-refractivity contribution >= 4 is 6.29 Å². The van der Waals surface area contributed by atoms with Gasteiger partial charge in [0.25, 0.3) is 0 Å². The van der Waals surface area contributed by atoms with Gasteiger partial charge in [0.2, 0.25) is 0 Å². The number of azide groups is 1. The average molecular weight is 226 g/mol. The summed E-state index contributed by atoms with van der Waals surface area (Å²) in [7, 11) is 0. The number of hydrogen-bond acceptors (Lipinski definition) is 5. The fourth-order valence-corrected chi connectivity index (χ4v) is 1.82. The first kappa shape index (κ1) is 11.3. The second-order valence-electron chi connectivity index (χ2n) is 4.57. The van der Waals surface area contributed by atoms with Crippen molar-refractivity contribution < 1.29 is 14.3 Å². The molecule has 2 fully saturated rings. The number of aldehydes is 1. The van der Waals surface area contributed by atoms with E-state index in [2.05, 4.69) is 10.0 Å². The Kier molecular flexibility index (Phi) is 2.63. The second-order valence-corrected chi connectivity index (χ2v) is 4.57. The van der Waals surface area contributed by atoms with Crippen molar-refractivity contribution in [2.24, 2.45) is 5.11 Å². The molecule has 0 radical (unpaired) electrons. The van der Waals surface area contributed by atoms with Gasteiger partial charge >= 0.3 is 0 Å². The summed E-state index contributed by atoms with van der Waals surface area (Å²) < 4.78 is 10.7. The third kappa shape index (κ3) is 2.03. The standard InChI is InChI=1S/C9H14N4O3/c1-8(6-15-8)4-13-3-7(11-12-10)16-9(13,2)5-14/h5,7H,3-4,6H2,1-2H3. The zero-order valence-electron chi connectivity index (χ0n) is 9.29. The van der Waals surface area contributed by atoms with Crippen molar-refractivity contribution in [2.75, 3.05) is 19.7 Å². The number of rotatable bonds is 4. The molecule has 0 saturated carbocycles. The molecule has 3 unspecified atom stereocenters. The van der Waals surface area contributed by atoms with Crippen LogP contribution in [0.2, 0.25) is 0 Å². The summed E-state index contributed by atoms with van der Waals surface area (Å²) in [5.41, 5.74) is 7.13. The molecule has 2 aliphatic heterocycles. The summed E-state index contributed by atoms with van der Waals surface area (Å²) in [6.45, 7) is 5.33. The molecule has 2 rings (SSSR count). The molecule has 0 aromatic rings.